The number of benzene rings is 1. The maximum atomic E-state index is 12.8. The quantitative estimate of drug-likeness (QED) is 0.764. The molecule has 0 unspecified atom stereocenters. The molecule has 0 aliphatic carbocycles. The van der Waals surface area contributed by atoms with Crippen molar-refractivity contribution in [2.75, 3.05) is 13.1 Å². The largest absolute Gasteiger partial charge is 0.339 e. The lowest BCUT2D eigenvalue weighted by molar-refractivity contribution is 0.0772. The molecule has 0 aliphatic rings. The van der Waals surface area contributed by atoms with Gasteiger partial charge in [0.2, 0.25) is 10.0 Å². The molecule has 1 amide bonds. The van der Waals surface area contributed by atoms with Gasteiger partial charge in [-0.3, -0.25) is 9.48 Å². The van der Waals surface area contributed by atoms with Gasteiger partial charge in [-0.1, -0.05) is 13.0 Å². The van der Waals surface area contributed by atoms with Gasteiger partial charge in [-0.05, 0) is 44.5 Å². The zero-order valence-corrected chi connectivity index (χ0v) is 16.5. The lowest BCUT2D eigenvalue weighted by Crippen LogP contribution is -2.31. The highest BCUT2D eigenvalue weighted by Gasteiger charge is 2.23. The van der Waals surface area contributed by atoms with Crippen molar-refractivity contribution in [3.05, 3.63) is 47.8 Å². The minimum Gasteiger partial charge on any atom is -0.339 e. The third kappa shape index (κ3) is 4.31. The van der Waals surface area contributed by atoms with Gasteiger partial charge in [-0.25, -0.2) is 13.1 Å². The van der Waals surface area contributed by atoms with Crippen molar-refractivity contribution in [3.63, 3.8) is 0 Å². The lowest BCUT2D eigenvalue weighted by Gasteiger charge is -2.20. The third-order valence-corrected chi connectivity index (χ3v) is 5.83. The molecule has 1 atom stereocenters. The first-order valence-corrected chi connectivity index (χ1v) is 10.2. The van der Waals surface area contributed by atoms with E-state index >= 15 is 0 Å². The molecule has 0 radical (unpaired) electrons. The minimum absolute atomic E-state index is 0.0797. The van der Waals surface area contributed by atoms with Gasteiger partial charge >= 0.3 is 0 Å². The minimum atomic E-state index is -3.77. The molecule has 0 saturated heterocycles. The molecule has 142 valence electrons. The van der Waals surface area contributed by atoms with Gasteiger partial charge in [-0.15, -0.1) is 0 Å². The van der Waals surface area contributed by atoms with Gasteiger partial charge in [0.25, 0.3) is 5.91 Å². The summed E-state index contributed by atoms with van der Waals surface area (Å²) in [6.45, 7) is 6.83. The Morgan fingerprint density at radius 3 is 2.46 bits per heavy atom. The van der Waals surface area contributed by atoms with Crippen molar-refractivity contribution >= 4 is 15.9 Å². The summed E-state index contributed by atoms with van der Waals surface area (Å²) in [4.78, 5) is 14.2. The van der Waals surface area contributed by atoms with Crippen LogP contribution >= 0.6 is 0 Å². The molecule has 0 spiro atoms. The standard InChI is InChI=1S/C18H26N4O3S/c1-5-16(17-11-12-19-21(17)4)20-26(24,25)15-10-8-9-14(13-15)18(23)22(6-2)7-3/h8-13,16,20H,5-7H2,1-4H3/t16-/m1/s1. The molecule has 0 saturated carbocycles. The van der Waals surface area contributed by atoms with Gasteiger partial charge in [0.05, 0.1) is 16.6 Å². The van der Waals surface area contributed by atoms with Crippen LogP contribution in [0.1, 0.15) is 49.3 Å². The smallest absolute Gasteiger partial charge is 0.253 e. The van der Waals surface area contributed by atoms with E-state index in [1.807, 2.05) is 20.8 Å². The summed E-state index contributed by atoms with van der Waals surface area (Å²) in [7, 11) is -2.00. The molecule has 1 N–H and O–H groups in total. The first-order chi connectivity index (χ1) is 12.3. The number of amides is 1. The number of sulfonamides is 1. The number of carbonyl (C=O) groups excluding carboxylic acids is 1. The van der Waals surface area contributed by atoms with Gasteiger partial charge in [-0.2, -0.15) is 5.10 Å². The van der Waals surface area contributed by atoms with E-state index in [0.29, 0.717) is 25.1 Å². The molecule has 2 aromatic rings. The third-order valence-electron chi connectivity index (χ3n) is 4.36. The Hall–Kier alpha value is -2.19. The molecule has 1 aromatic carbocycles. The number of carbonyl (C=O) groups is 1. The summed E-state index contributed by atoms with van der Waals surface area (Å²) in [6, 6.07) is 7.55. The molecule has 26 heavy (non-hydrogen) atoms. The Balaban J connectivity index is 2.30. The number of hydrogen-bond acceptors (Lipinski definition) is 4. The topological polar surface area (TPSA) is 84.3 Å². The van der Waals surface area contributed by atoms with E-state index < -0.39 is 16.1 Å². The Labute approximate surface area is 155 Å². The summed E-state index contributed by atoms with van der Waals surface area (Å²) in [5, 5.41) is 4.10. The molecule has 0 fully saturated rings. The molecular formula is C18H26N4O3S. The van der Waals surface area contributed by atoms with Crippen molar-refractivity contribution in [3.8, 4) is 0 Å². The van der Waals surface area contributed by atoms with Crippen molar-refractivity contribution in [1.82, 2.24) is 19.4 Å². The van der Waals surface area contributed by atoms with Crippen LogP contribution in [-0.4, -0.2) is 42.1 Å². The summed E-state index contributed by atoms with van der Waals surface area (Å²) in [5.41, 5.74) is 1.15. The van der Waals surface area contributed by atoms with E-state index in [2.05, 4.69) is 9.82 Å². The molecule has 7 nitrogen and oxygen atoms in total. The maximum absolute atomic E-state index is 12.8. The van der Waals surface area contributed by atoms with Crippen LogP contribution < -0.4 is 4.72 Å². The van der Waals surface area contributed by atoms with Crippen LogP contribution in [0.4, 0.5) is 0 Å². The summed E-state index contributed by atoms with van der Waals surface area (Å²) < 4.78 is 30.0. The van der Waals surface area contributed by atoms with E-state index in [0.717, 1.165) is 5.69 Å². The summed E-state index contributed by atoms with van der Waals surface area (Å²) in [6.07, 6.45) is 2.21. The molecule has 0 bridgehead atoms. The second-order valence-electron chi connectivity index (χ2n) is 5.97. The average Bonchev–Trinajstić information content (AvgIpc) is 3.06. The predicted molar refractivity (Wildman–Crippen MR) is 100 cm³/mol. The van der Waals surface area contributed by atoms with Crippen LogP contribution in [0.15, 0.2) is 41.4 Å². The van der Waals surface area contributed by atoms with Crippen LogP contribution in [0.5, 0.6) is 0 Å². The highest BCUT2D eigenvalue weighted by molar-refractivity contribution is 7.89. The van der Waals surface area contributed by atoms with Gasteiger partial charge in [0.15, 0.2) is 0 Å². The molecule has 0 aliphatic heterocycles. The second-order valence-corrected chi connectivity index (χ2v) is 7.68. The Bertz CT molecular complexity index is 857. The van der Waals surface area contributed by atoms with E-state index in [4.69, 9.17) is 0 Å². The van der Waals surface area contributed by atoms with Crippen LogP contribution in [0.25, 0.3) is 0 Å². The average molecular weight is 378 g/mol. The van der Waals surface area contributed by atoms with Crippen LogP contribution in [0.3, 0.4) is 0 Å². The van der Waals surface area contributed by atoms with Gasteiger partial charge in [0.1, 0.15) is 0 Å². The van der Waals surface area contributed by atoms with Gasteiger partial charge in [0, 0.05) is 31.9 Å². The van der Waals surface area contributed by atoms with E-state index in [1.165, 1.54) is 12.1 Å². The highest BCUT2D eigenvalue weighted by Crippen LogP contribution is 2.20. The Kier molecular flexibility index (Phi) is 6.55. The summed E-state index contributed by atoms with van der Waals surface area (Å²) in [5.74, 6) is -0.175. The SMILES string of the molecule is CC[C@@H](NS(=O)(=O)c1cccc(C(=O)N(CC)CC)c1)c1ccnn1C. The Morgan fingerprint density at radius 2 is 1.92 bits per heavy atom. The second kappa shape index (κ2) is 8.46. The fraction of sp³-hybridized carbons (Fsp3) is 0.444. The number of rotatable bonds is 8. The molecule has 1 aromatic heterocycles. The number of nitrogens with one attached hydrogen (secondary N) is 1. The molecule has 2 rings (SSSR count). The fourth-order valence-electron chi connectivity index (χ4n) is 2.82. The van der Waals surface area contributed by atoms with E-state index in [-0.39, 0.29) is 10.8 Å². The van der Waals surface area contributed by atoms with E-state index in [1.54, 1.807) is 41.0 Å². The lowest BCUT2D eigenvalue weighted by atomic mass is 10.2. The molecule has 1 heterocycles. The first kappa shape index (κ1) is 20.1. The number of aryl methyl sites for hydroxylation is 1. The normalized spacial score (nSPS) is 12.8. The fourth-order valence-corrected chi connectivity index (χ4v) is 4.16. The number of aromatic nitrogens is 2. The number of nitrogens with zero attached hydrogens (tertiary/aromatic N) is 3. The van der Waals surface area contributed by atoms with Crippen LogP contribution in [0, 0.1) is 0 Å². The van der Waals surface area contributed by atoms with Crippen molar-refractivity contribution in [2.45, 2.75) is 38.1 Å². The van der Waals surface area contributed by atoms with Crippen LogP contribution in [0.2, 0.25) is 0 Å². The Morgan fingerprint density at radius 1 is 1.23 bits per heavy atom. The predicted octanol–water partition coefficient (Wildman–Crippen LogP) is 2.33. The molecule has 8 heteroatoms. The van der Waals surface area contributed by atoms with Crippen LogP contribution in [-0.2, 0) is 17.1 Å². The monoisotopic (exact) mass is 378 g/mol. The highest BCUT2D eigenvalue weighted by atomic mass is 32.2. The first-order valence-electron chi connectivity index (χ1n) is 8.73. The van der Waals surface area contributed by atoms with Crippen molar-refractivity contribution in [1.29, 1.82) is 0 Å². The number of hydrogen-bond donors (Lipinski definition) is 1. The zero-order valence-electron chi connectivity index (χ0n) is 15.6. The van der Waals surface area contributed by atoms with Crippen molar-refractivity contribution in [2.24, 2.45) is 7.05 Å². The van der Waals surface area contributed by atoms with Crippen molar-refractivity contribution < 1.29 is 13.2 Å². The van der Waals surface area contributed by atoms with Gasteiger partial charge < -0.3 is 4.90 Å². The summed E-state index contributed by atoms with van der Waals surface area (Å²) >= 11 is 0. The maximum Gasteiger partial charge on any atom is 0.253 e. The zero-order chi connectivity index (χ0) is 19.3. The molecular weight excluding hydrogens is 352 g/mol. The van der Waals surface area contributed by atoms with E-state index in [9.17, 15) is 13.2 Å².